The number of carbonyl (C=O) groups is 2. The number of rotatable bonds is 6. The molecule has 1 aliphatic rings. The van der Waals surface area contributed by atoms with Gasteiger partial charge in [0.05, 0.1) is 0 Å². The van der Waals surface area contributed by atoms with Crippen LogP contribution in [-0.2, 0) is 14.0 Å². The van der Waals surface area contributed by atoms with Gasteiger partial charge in [0, 0.05) is 6.92 Å². The molecule has 0 spiro atoms. The van der Waals surface area contributed by atoms with Crippen molar-refractivity contribution in [3.8, 4) is 0 Å². The van der Waals surface area contributed by atoms with E-state index < -0.39 is 44.0 Å². The first-order valence-corrected chi connectivity index (χ1v) is 11.7. The summed E-state index contributed by atoms with van der Waals surface area (Å²) < 4.78 is 40.1. The van der Waals surface area contributed by atoms with Crippen LogP contribution in [-0.4, -0.2) is 48.9 Å². The first-order chi connectivity index (χ1) is 12.0. The van der Waals surface area contributed by atoms with Gasteiger partial charge in [0.25, 0.3) is 11.8 Å². The molecule has 1 aliphatic heterocycles. The lowest BCUT2D eigenvalue weighted by molar-refractivity contribution is -0.189. The van der Waals surface area contributed by atoms with Crippen LogP contribution in [0.15, 0.2) is 0 Å². The van der Waals surface area contributed by atoms with Crippen LogP contribution in [0.4, 0.5) is 13.6 Å². The molecular formula is C19H35F2NO4Si. The highest BCUT2D eigenvalue weighted by atomic mass is 28.4. The average molecular weight is 408 g/mol. The predicted molar refractivity (Wildman–Crippen MR) is 103 cm³/mol. The molecule has 27 heavy (non-hydrogen) atoms. The van der Waals surface area contributed by atoms with E-state index in [1.807, 2.05) is 41.5 Å². The number of hydrogen-bond acceptors (Lipinski definition) is 4. The maximum atomic E-state index is 14.3. The summed E-state index contributed by atoms with van der Waals surface area (Å²) in [4.78, 5) is 25.5. The Morgan fingerprint density at radius 3 is 1.70 bits per heavy atom. The number of hydrogen-bond donors (Lipinski definition) is 0. The zero-order valence-electron chi connectivity index (χ0n) is 18.2. The molecule has 2 amide bonds. The van der Waals surface area contributed by atoms with E-state index in [0.29, 0.717) is 11.8 Å². The van der Waals surface area contributed by atoms with E-state index in [0.717, 1.165) is 0 Å². The van der Waals surface area contributed by atoms with Crippen molar-refractivity contribution < 1.29 is 27.5 Å². The molecule has 5 nitrogen and oxygen atoms in total. The molecule has 1 saturated heterocycles. The van der Waals surface area contributed by atoms with Gasteiger partial charge in [-0.25, -0.2) is 18.5 Å². The second-order valence-electron chi connectivity index (χ2n) is 9.45. The fraction of sp³-hybridized carbons (Fsp3) is 0.895. The number of halogens is 2. The molecule has 0 aromatic heterocycles. The Balaban J connectivity index is 3.24. The molecule has 8 heteroatoms. The van der Waals surface area contributed by atoms with Crippen molar-refractivity contribution in [2.45, 2.75) is 110 Å². The number of alkyl halides is 2. The summed E-state index contributed by atoms with van der Waals surface area (Å²) in [5.41, 5.74) is -0.491. The molecule has 158 valence electrons. The molecule has 0 aliphatic carbocycles. The molecule has 0 bridgehead atoms. The van der Waals surface area contributed by atoms with Crippen molar-refractivity contribution in [3.05, 3.63) is 0 Å². The molecule has 0 aromatic rings. The van der Waals surface area contributed by atoms with E-state index in [-0.39, 0.29) is 16.6 Å². The highest BCUT2D eigenvalue weighted by molar-refractivity contribution is 6.77. The summed E-state index contributed by atoms with van der Waals surface area (Å²) in [6, 6.07) is -1.65. The van der Waals surface area contributed by atoms with Gasteiger partial charge in [-0.05, 0) is 37.4 Å². The van der Waals surface area contributed by atoms with Crippen molar-refractivity contribution >= 4 is 20.3 Å². The Morgan fingerprint density at radius 1 is 1.00 bits per heavy atom. The molecule has 1 fully saturated rings. The van der Waals surface area contributed by atoms with Crippen LogP contribution in [0.25, 0.3) is 0 Å². The Labute approximate surface area is 162 Å². The smallest absolute Gasteiger partial charge is 0.417 e. The quantitative estimate of drug-likeness (QED) is 0.440. The Hall–Kier alpha value is -1.02. The molecule has 1 rings (SSSR count). The molecule has 2 unspecified atom stereocenters. The van der Waals surface area contributed by atoms with Gasteiger partial charge in [-0.15, -0.1) is 0 Å². The van der Waals surface area contributed by atoms with E-state index in [9.17, 15) is 18.4 Å². The summed E-state index contributed by atoms with van der Waals surface area (Å²) in [5, 5.41) is 0. The lowest BCUT2D eigenvalue weighted by Gasteiger charge is -2.53. The molecular weight excluding hydrogens is 372 g/mol. The summed E-state index contributed by atoms with van der Waals surface area (Å²) in [5.74, 6) is -4.03. The number of likely N-dealkylation sites (tertiary alicyclic amines) is 1. The third-order valence-electron chi connectivity index (χ3n) is 5.19. The topological polar surface area (TPSA) is 55.8 Å². The van der Waals surface area contributed by atoms with Crippen LogP contribution in [0.5, 0.6) is 0 Å². The van der Waals surface area contributed by atoms with Crippen LogP contribution in [0.3, 0.4) is 0 Å². The van der Waals surface area contributed by atoms with Gasteiger partial charge in [-0.2, -0.15) is 0 Å². The van der Waals surface area contributed by atoms with Gasteiger partial charge >= 0.3 is 6.09 Å². The normalized spacial score (nSPS) is 21.9. The maximum absolute atomic E-state index is 14.3. The number of ether oxygens (including phenoxy) is 1. The fourth-order valence-corrected chi connectivity index (χ4v) is 9.70. The highest BCUT2D eigenvalue weighted by Gasteiger charge is 2.64. The zero-order valence-corrected chi connectivity index (χ0v) is 19.2. The van der Waals surface area contributed by atoms with Gasteiger partial charge in [-0.3, -0.25) is 4.79 Å². The molecule has 0 aromatic carbocycles. The third kappa shape index (κ3) is 4.70. The van der Waals surface area contributed by atoms with E-state index in [1.54, 1.807) is 20.8 Å². The minimum absolute atomic E-state index is 0.131. The van der Waals surface area contributed by atoms with Crippen LogP contribution in [0, 0.1) is 0 Å². The first-order valence-electron chi connectivity index (χ1n) is 9.58. The number of β-lactam (4-membered cyclic amide) rings is 1. The van der Waals surface area contributed by atoms with Gasteiger partial charge in [-0.1, -0.05) is 41.5 Å². The van der Waals surface area contributed by atoms with Crippen molar-refractivity contribution in [2.75, 3.05) is 0 Å². The first kappa shape index (κ1) is 24.0. The van der Waals surface area contributed by atoms with Crippen LogP contribution < -0.4 is 0 Å². The van der Waals surface area contributed by atoms with Crippen molar-refractivity contribution in [2.24, 2.45) is 0 Å². The van der Waals surface area contributed by atoms with Gasteiger partial charge < -0.3 is 9.16 Å². The second-order valence-corrected chi connectivity index (χ2v) is 14.9. The van der Waals surface area contributed by atoms with Gasteiger partial charge in [0.1, 0.15) is 11.6 Å². The summed E-state index contributed by atoms with van der Waals surface area (Å²) in [7, 11) is -2.57. The van der Waals surface area contributed by atoms with E-state index in [2.05, 4.69) is 0 Å². The number of carbonyl (C=O) groups excluding carboxylic acids is 2. The van der Waals surface area contributed by atoms with Crippen LogP contribution in [0.1, 0.15) is 69.2 Å². The number of imide groups is 1. The standard InChI is InChI=1S/C19H35F2NO4Si/c1-11(2)27(12(3)4,13(5)6)26-14-15(19(10,20)21)22(16(14)23)17(24)25-18(7,8)9/h11-15H,1-10H3. The Kier molecular flexibility index (Phi) is 6.91. The SMILES string of the molecule is CC(C)[Si](OC1C(=O)N(C(=O)OC(C)(C)C)C1C(C)(F)F)(C(C)C)C(C)C. The second kappa shape index (κ2) is 7.77. The number of amides is 2. The molecule has 1 heterocycles. The largest absolute Gasteiger partial charge is 0.443 e. The van der Waals surface area contributed by atoms with E-state index in [1.165, 1.54) is 0 Å². The fourth-order valence-electron chi connectivity index (χ4n) is 4.21. The minimum Gasteiger partial charge on any atom is -0.443 e. The third-order valence-corrected chi connectivity index (χ3v) is 11.3. The Bertz CT molecular complexity index is 545. The summed E-state index contributed by atoms with van der Waals surface area (Å²) in [6.07, 6.45) is -2.37. The van der Waals surface area contributed by atoms with Crippen molar-refractivity contribution in [1.29, 1.82) is 0 Å². The average Bonchev–Trinajstić information content (AvgIpc) is 2.40. The number of nitrogens with zero attached hydrogens (tertiary/aromatic N) is 1. The lowest BCUT2D eigenvalue weighted by atomic mass is 9.93. The highest BCUT2D eigenvalue weighted by Crippen LogP contribution is 2.47. The zero-order chi connectivity index (χ0) is 21.5. The minimum atomic E-state index is -3.29. The maximum Gasteiger partial charge on any atom is 0.417 e. The van der Waals surface area contributed by atoms with Gasteiger partial charge in [0.15, 0.2) is 6.10 Å². The van der Waals surface area contributed by atoms with Crippen molar-refractivity contribution in [1.82, 2.24) is 4.90 Å². The summed E-state index contributed by atoms with van der Waals surface area (Å²) >= 11 is 0. The lowest BCUT2D eigenvalue weighted by Crippen LogP contribution is -2.75. The summed E-state index contributed by atoms with van der Waals surface area (Å²) in [6.45, 7) is 17.7. The molecule has 0 N–H and O–H groups in total. The monoisotopic (exact) mass is 407 g/mol. The molecule has 0 radical (unpaired) electrons. The van der Waals surface area contributed by atoms with Crippen LogP contribution >= 0.6 is 0 Å². The Morgan fingerprint density at radius 2 is 1.41 bits per heavy atom. The van der Waals surface area contributed by atoms with E-state index in [4.69, 9.17) is 9.16 Å². The van der Waals surface area contributed by atoms with Crippen LogP contribution in [0.2, 0.25) is 16.6 Å². The molecule has 0 saturated carbocycles. The van der Waals surface area contributed by atoms with Crippen molar-refractivity contribution in [3.63, 3.8) is 0 Å². The molecule has 2 atom stereocenters. The van der Waals surface area contributed by atoms with E-state index >= 15 is 0 Å². The van der Waals surface area contributed by atoms with Gasteiger partial charge in [0.2, 0.25) is 8.32 Å². The predicted octanol–water partition coefficient (Wildman–Crippen LogP) is 5.35.